The molecule has 0 fully saturated rings. The first kappa shape index (κ1) is 25.5. The average molecular weight is 474 g/mol. The van der Waals surface area contributed by atoms with Crippen LogP contribution >= 0.6 is 0 Å². The average Bonchev–Trinajstić information content (AvgIpc) is 3.10. The normalized spacial score (nSPS) is 19.5. The van der Waals surface area contributed by atoms with Gasteiger partial charge in [-0.2, -0.15) is 0 Å². The summed E-state index contributed by atoms with van der Waals surface area (Å²) < 4.78 is 11.5. The van der Waals surface area contributed by atoms with Crippen LogP contribution in [0.5, 0.6) is 5.75 Å². The van der Waals surface area contributed by atoms with Gasteiger partial charge >= 0.3 is 6.03 Å². The van der Waals surface area contributed by atoms with E-state index in [4.69, 9.17) is 9.26 Å². The molecule has 3 N–H and O–H groups in total. The Morgan fingerprint density at radius 2 is 2.06 bits per heavy atom. The summed E-state index contributed by atoms with van der Waals surface area (Å²) in [5, 5.41) is 19.1. The number of amides is 3. The minimum absolute atomic E-state index is 0.0462. The molecule has 10 nitrogen and oxygen atoms in total. The van der Waals surface area contributed by atoms with Crippen LogP contribution in [0.3, 0.4) is 0 Å². The SMILES string of the molecule is Cc1noc(C)c1NC(=O)Nc1ccc2c(c1)CC(=O)N([C@@H](C)CO)C[C@H](C)[C@H](CN(C)C)O2. The molecular weight excluding hydrogens is 438 g/mol. The highest BCUT2D eigenvalue weighted by Gasteiger charge is 2.30. The predicted molar refractivity (Wildman–Crippen MR) is 129 cm³/mol. The summed E-state index contributed by atoms with van der Waals surface area (Å²) in [4.78, 5) is 29.5. The van der Waals surface area contributed by atoms with E-state index < -0.39 is 6.03 Å². The van der Waals surface area contributed by atoms with Crippen molar-refractivity contribution in [2.75, 3.05) is 44.4 Å². The largest absolute Gasteiger partial charge is 0.488 e. The zero-order valence-electron chi connectivity index (χ0n) is 20.7. The Kier molecular flexibility index (Phi) is 8.16. The Labute approximate surface area is 200 Å². The lowest BCUT2D eigenvalue weighted by atomic mass is 10.0. The topological polar surface area (TPSA) is 120 Å². The second kappa shape index (κ2) is 10.9. The highest BCUT2D eigenvalue weighted by Crippen LogP contribution is 2.29. The van der Waals surface area contributed by atoms with Crippen molar-refractivity contribution >= 4 is 23.3 Å². The van der Waals surface area contributed by atoms with Crippen LogP contribution in [0.15, 0.2) is 22.7 Å². The maximum Gasteiger partial charge on any atom is 0.323 e. The van der Waals surface area contributed by atoms with Gasteiger partial charge < -0.3 is 34.8 Å². The number of anilines is 2. The number of carbonyl (C=O) groups excluding carboxylic acids is 2. The van der Waals surface area contributed by atoms with E-state index in [0.29, 0.717) is 47.2 Å². The smallest absolute Gasteiger partial charge is 0.323 e. The first-order valence-electron chi connectivity index (χ1n) is 11.4. The Bertz CT molecular complexity index is 1000. The lowest BCUT2D eigenvalue weighted by molar-refractivity contribution is -0.134. The minimum Gasteiger partial charge on any atom is -0.488 e. The molecule has 186 valence electrons. The van der Waals surface area contributed by atoms with Gasteiger partial charge in [-0.1, -0.05) is 12.1 Å². The zero-order chi connectivity index (χ0) is 25.0. The number of hydrogen-bond donors (Lipinski definition) is 3. The van der Waals surface area contributed by atoms with Crippen LogP contribution in [0, 0.1) is 19.8 Å². The molecule has 1 aromatic carbocycles. The molecule has 0 spiro atoms. The van der Waals surface area contributed by atoms with Gasteiger partial charge in [-0.15, -0.1) is 0 Å². The number of aliphatic hydroxyl groups is 1. The van der Waals surface area contributed by atoms with Crippen LogP contribution in [0.2, 0.25) is 0 Å². The summed E-state index contributed by atoms with van der Waals surface area (Å²) in [6.45, 7) is 8.40. The van der Waals surface area contributed by atoms with E-state index in [9.17, 15) is 14.7 Å². The van der Waals surface area contributed by atoms with Crippen molar-refractivity contribution in [3.63, 3.8) is 0 Å². The maximum absolute atomic E-state index is 13.2. The molecule has 1 aromatic heterocycles. The van der Waals surface area contributed by atoms with Gasteiger partial charge in [0.2, 0.25) is 5.91 Å². The number of hydrogen-bond acceptors (Lipinski definition) is 7. The molecule has 1 aliphatic heterocycles. The third kappa shape index (κ3) is 6.06. The number of fused-ring (bicyclic) bond motifs is 1. The number of ether oxygens (including phenoxy) is 1. The summed E-state index contributed by atoms with van der Waals surface area (Å²) >= 11 is 0. The van der Waals surface area contributed by atoms with Gasteiger partial charge in [0.25, 0.3) is 0 Å². The van der Waals surface area contributed by atoms with Crippen molar-refractivity contribution in [3.05, 3.63) is 35.2 Å². The van der Waals surface area contributed by atoms with Crippen LogP contribution in [-0.2, 0) is 11.2 Å². The van der Waals surface area contributed by atoms with E-state index >= 15 is 0 Å². The number of aromatic nitrogens is 1. The minimum atomic E-state index is -0.445. The van der Waals surface area contributed by atoms with Crippen LogP contribution in [0.4, 0.5) is 16.2 Å². The molecule has 3 atom stereocenters. The third-order valence-corrected chi connectivity index (χ3v) is 5.99. The van der Waals surface area contributed by atoms with Crippen molar-refractivity contribution in [3.8, 4) is 5.75 Å². The number of rotatable bonds is 6. The number of carbonyl (C=O) groups is 2. The Balaban J connectivity index is 1.87. The van der Waals surface area contributed by atoms with E-state index in [0.717, 1.165) is 0 Å². The molecule has 1 aliphatic rings. The van der Waals surface area contributed by atoms with Gasteiger partial charge in [0.05, 0.1) is 19.1 Å². The number of nitrogens with one attached hydrogen (secondary N) is 2. The van der Waals surface area contributed by atoms with E-state index in [2.05, 4.69) is 27.6 Å². The molecule has 3 amide bonds. The highest BCUT2D eigenvalue weighted by molar-refractivity contribution is 6.00. The fourth-order valence-electron chi connectivity index (χ4n) is 4.02. The number of aryl methyl sites for hydroxylation is 2. The summed E-state index contributed by atoms with van der Waals surface area (Å²) in [5.74, 6) is 1.08. The molecule has 2 heterocycles. The van der Waals surface area contributed by atoms with E-state index in [1.165, 1.54) is 0 Å². The number of urea groups is 1. The number of aliphatic hydroxyl groups excluding tert-OH is 1. The van der Waals surface area contributed by atoms with Crippen LogP contribution in [-0.4, -0.2) is 77.9 Å². The van der Waals surface area contributed by atoms with Crippen LogP contribution in [0.25, 0.3) is 0 Å². The molecule has 0 unspecified atom stereocenters. The molecule has 0 bridgehead atoms. The van der Waals surface area contributed by atoms with Gasteiger partial charge in [-0.25, -0.2) is 4.79 Å². The highest BCUT2D eigenvalue weighted by atomic mass is 16.5. The van der Waals surface area contributed by atoms with E-state index in [-0.39, 0.29) is 37.0 Å². The lowest BCUT2D eigenvalue weighted by Gasteiger charge is -2.33. The fourth-order valence-corrected chi connectivity index (χ4v) is 4.02. The van der Waals surface area contributed by atoms with Crippen molar-refractivity contribution < 1.29 is 24.0 Å². The van der Waals surface area contributed by atoms with Crippen molar-refractivity contribution in [1.82, 2.24) is 15.0 Å². The predicted octanol–water partition coefficient (Wildman–Crippen LogP) is 2.65. The standard InChI is InChI=1S/C24H35N5O5/c1-14-11-29(15(2)13-30)22(31)10-18-9-19(7-8-20(18)33-21(14)12-28(5)6)25-24(32)26-23-16(3)27-34-17(23)4/h7-9,14-15,21,30H,10-13H2,1-6H3,(H2,25,26,32)/t14-,15-,21-/m0/s1. The monoisotopic (exact) mass is 473 g/mol. The second-order valence-electron chi connectivity index (χ2n) is 9.25. The van der Waals surface area contributed by atoms with Gasteiger partial charge in [0.1, 0.15) is 23.2 Å². The Morgan fingerprint density at radius 3 is 2.68 bits per heavy atom. The van der Waals surface area contributed by atoms with Crippen molar-refractivity contribution in [2.24, 2.45) is 5.92 Å². The zero-order valence-corrected chi connectivity index (χ0v) is 20.7. The molecule has 10 heteroatoms. The fraction of sp³-hybridized carbons (Fsp3) is 0.542. The van der Waals surface area contributed by atoms with E-state index in [1.54, 1.807) is 36.9 Å². The molecular formula is C24H35N5O5. The number of nitrogens with zero attached hydrogens (tertiary/aromatic N) is 3. The first-order valence-corrected chi connectivity index (χ1v) is 11.4. The Hall–Kier alpha value is -3.11. The van der Waals surface area contributed by atoms with E-state index in [1.807, 2.05) is 21.0 Å². The molecule has 2 aromatic rings. The quantitative estimate of drug-likeness (QED) is 0.590. The van der Waals surface area contributed by atoms with Gasteiger partial charge in [-0.3, -0.25) is 4.79 Å². The molecule has 0 saturated heterocycles. The van der Waals surface area contributed by atoms with Crippen LogP contribution < -0.4 is 15.4 Å². The van der Waals surface area contributed by atoms with Crippen LogP contribution in [0.1, 0.15) is 30.9 Å². The van der Waals surface area contributed by atoms with Gasteiger partial charge in [0.15, 0.2) is 5.76 Å². The molecule has 0 aliphatic carbocycles. The molecule has 0 saturated carbocycles. The number of likely N-dealkylation sites (N-methyl/N-ethyl adjacent to an activating group) is 1. The molecule has 3 rings (SSSR count). The summed E-state index contributed by atoms with van der Waals surface area (Å²) in [6.07, 6.45) is -0.0584. The second-order valence-corrected chi connectivity index (χ2v) is 9.25. The molecule has 34 heavy (non-hydrogen) atoms. The first-order chi connectivity index (χ1) is 16.1. The lowest BCUT2D eigenvalue weighted by Crippen LogP contribution is -2.47. The Morgan fingerprint density at radius 1 is 1.32 bits per heavy atom. The summed E-state index contributed by atoms with van der Waals surface area (Å²) in [5.41, 5.74) is 2.30. The summed E-state index contributed by atoms with van der Waals surface area (Å²) in [6, 6.07) is 4.54. The third-order valence-electron chi connectivity index (χ3n) is 5.99. The van der Waals surface area contributed by atoms with Gasteiger partial charge in [-0.05, 0) is 53.1 Å². The number of benzene rings is 1. The summed E-state index contributed by atoms with van der Waals surface area (Å²) in [7, 11) is 3.96. The molecule has 0 radical (unpaired) electrons. The maximum atomic E-state index is 13.2. The van der Waals surface area contributed by atoms with Crippen molar-refractivity contribution in [2.45, 2.75) is 46.3 Å². The van der Waals surface area contributed by atoms with Crippen molar-refractivity contribution in [1.29, 1.82) is 0 Å². The van der Waals surface area contributed by atoms with Gasteiger partial charge in [0, 0.05) is 30.3 Å².